The van der Waals surface area contributed by atoms with Gasteiger partial charge in [-0.05, 0) is 57.0 Å². The summed E-state index contributed by atoms with van der Waals surface area (Å²) in [4.78, 5) is 35.5. The number of hydrogen-bond acceptors (Lipinski definition) is 8. The highest BCUT2D eigenvalue weighted by Gasteiger charge is 2.36. The van der Waals surface area contributed by atoms with Crippen molar-refractivity contribution < 1.29 is 18.7 Å². The van der Waals surface area contributed by atoms with Gasteiger partial charge in [-0.25, -0.2) is 15.8 Å². The summed E-state index contributed by atoms with van der Waals surface area (Å²) >= 11 is 0. The summed E-state index contributed by atoms with van der Waals surface area (Å²) in [7, 11) is 2.12. The van der Waals surface area contributed by atoms with E-state index in [0.717, 1.165) is 72.5 Å². The van der Waals surface area contributed by atoms with Crippen LogP contribution in [0.3, 0.4) is 0 Å². The second kappa shape index (κ2) is 14.7. The van der Waals surface area contributed by atoms with Crippen molar-refractivity contribution in [3.8, 4) is 6.01 Å². The van der Waals surface area contributed by atoms with E-state index in [2.05, 4.69) is 26.6 Å². The van der Waals surface area contributed by atoms with E-state index in [-0.39, 0.29) is 25.0 Å². The molecule has 254 valence electrons. The van der Waals surface area contributed by atoms with Crippen LogP contribution in [0.1, 0.15) is 36.1 Å². The van der Waals surface area contributed by atoms with Gasteiger partial charge in [-0.2, -0.15) is 9.97 Å². The second-order valence-electron chi connectivity index (χ2n) is 13.2. The number of piperazine rings is 1. The third kappa shape index (κ3) is 7.10. The van der Waals surface area contributed by atoms with Crippen LogP contribution in [-0.4, -0.2) is 90.9 Å². The van der Waals surface area contributed by atoms with Crippen molar-refractivity contribution in [1.82, 2.24) is 19.8 Å². The van der Waals surface area contributed by atoms with Gasteiger partial charge in [0.05, 0.1) is 12.2 Å². The monoisotopic (exact) mass is 663 g/mol. The number of likely N-dealkylation sites (tertiary alicyclic amines) is 1. The van der Waals surface area contributed by atoms with E-state index < -0.39 is 6.09 Å². The molecule has 0 bridgehead atoms. The first-order valence-corrected chi connectivity index (χ1v) is 17.2. The maximum absolute atomic E-state index is 14.8. The Balaban J connectivity index is 1.17. The number of likely N-dealkylation sites (N-methyl/N-ethyl adjacent to an activating group) is 1. The van der Waals surface area contributed by atoms with Gasteiger partial charge in [0.15, 0.2) is 0 Å². The smallest absolute Gasteiger partial charge is 0.410 e. The maximum atomic E-state index is 14.8. The lowest BCUT2D eigenvalue weighted by molar-refractivity contribution is 0.0788. The molecule has 4 heterocycles. The van der Waals surface area contributed by atoms with Crippen molar-refractivity contribution in [2.24, 2.45) is 0 Å². The zero-order chi connectivity index (χ0) is 33.7. The molecule has 10 nitrogen and oxygen atoms in total. The minimum Gasteiger partial charge on any atom is -0.462 e. The Morgan fingerprint density at radius 3 is 2.59 bits per heavy atom. The number of halogens is 1. The highest BCUT2D eigenvalue weighted by molar-refractivity contribution is 5.94. The number of anilines is 2. The molecular formula is C38H42FN7O3. The third-order valence-electron chi connectivity index (χ3n) is 10.0. The van der Waals surface area contributed by atoms with Crippen LogP contribution in [0.5, 0.6) is 6.01 Å². The van der Waals surface area contributed by atoms with Crippen molar-refractivity contribution in [2.45, 2.75) is 50.9 Å². The summed E-state index contributed by atoms with van der Waals surface area (Å²) in [6.45, 7) is 12.2. The average Bonchev–Trinajstić information content (AvgIpc) is 3.41. The lowest BCUT2D eigenvalue weighted by Crippen LogP contribution is -2.56. The number of carbonyl (C=O) groups excluding carboxylic acids is 1. The Morgan fingerprint density at radius 2 is 1.78 bits per heavy atom. The van der Waals surface area contributed by atoms with Gasteiger partial charge in [-0.1, -0.05) is 54.6 Å². The number of fused-ring (bicyclic) bond motifs is 2. The van der Waals surface area contributed by atoms with E-state index in [1.54, 1.807) is 11.0 Å². The minimum absolute atomic E-state index is 0.160. The van der Waals surface area contributed by atoms with Crippen LogP contribution in [-0.2, 0) is 24.3 Å². The summed E-state index contributed by atoms with van der Waals surface area (Å²) < 4.78 is 26.8. The van der Waals surface area contributed by atoms with Crippen LogP contribution < -0.4 is 14.5 Å². The van der Waals surface area contributed by atoms with Crippen molar-refractivity contribution in [1.29, 1.82) is 0 Å². The predicted molar refractivity (Wildman–Crippen MR) is 187 cm³/mol. The van der Waals surface area contributed by atoms with E-state index in [1.807, 2.05) is 54.6 Å². The van der Waals surface area contributed by atoms with Crippen LogP contribution in [0.2, 0.25) is 0 Å². The molecule has 4 aromatic rings. The van der Waals surface area contributed by atoms with E-state index >= 15 is 0 Å². The number of amides is 1. The van der Waals surface area contributed by atoms with Crippen LogP contribution in [0.4, 0.5) is 20.7 Å². The Bertz CT molecular complexity index is 1830. The zero-order valence-corrected chi connectivity index (χ0v) is 27.9. The molecule has 49 heavy (non-hydrogen) atoms. The molecule has 0 unspecified atom stereocenters. The van der Waals surface area contributed by atoms with Crippen LogP contribution in [0.15, 0.2) is 66.7 Å². The molecule has 0 N–H and O–H groups in total. The average molecular weight is 664 g/mol. The number of aromatic nitrogens is 2. The van der Waals surface area contributed by atoms with Crippen molar-refractivity contribution >= 4 is 28.4 Å². The molecule has 3 aliphatic heterocycles. The zero-order valence-electron chi connectivity index (χ0n) is 27.9. The van der Waals surface area contributed by atoms with Crippen molar-refractivity contribution in [2.75, 3.05) is 62.7 Å². The molecule has 7 rings (SSSR count). The molecule has 0 spiro atoms. The molecule has 0 saturated carbocycles. The molecule has 2 fully saturated rings. The van der Waals surface area contributed by atoms with E-state index in [9.17, 15) is 9.18 Å². The number of carbonyl (C=O) groups is 1. The standard InChI is InChI=1S/C38H42FN7O3/c1-40-22-29-23-45(20-21-46(29)38(47)49-25-27-10-4-3-5-11-27)36-32-15-9-19-44(35-17-7-13-30-31(35)14-6-16-33(30)39)24-34(32)41-37(42-36)48-26-28-12-8-18-43(28)2/h3-7,10-11,13-14,16-17,28-29H,8-9,12,15,18-26H2,2H3/t28-,29-/m0/s1. The van der Waals surface area contributed by atoms with Gasteiger partial charge >= 0.3 is 12.1 Å². The Labute approximate surface area is 286 Å². The number of rotatable bonds is 8. The topological polar surface area (TPSA) is 78.6 Å². The fraction of sp³-hybridized carbons (Fsp3) is 0.421. The normalized spacial score (nSPS) is 19.7. The highest BCUT2D eigenvalue weighted by Crippen LogP contribution is 2.35. The first-order valence-electron chi connectivity index (χ1n) is 17.2. The Hall–Kier alpha value is -4.95. The first kappa shape index (κ1) is 32.6. The predicted octanol–water partition coefficient (Wildman–Crippen LogP) is 5.94. The molecule has 3 aliphatic rings. The van der Waals surface area contributed by atoms with E-state index in [0.29, 0.717) is 50.2 Å². The molecule has 2 saturated heterocycles. The number of benzene rings is 3. The fourth-order valence-electron chi connectivity index (χ4n) is 7.36. The number of hydrogen-bond donors (Lipinski definition) is 0. The summed E-state index contributed by atoms with van der Waals surface area (Å²) in [6.07, 6.45) is 3.42. The van der Waals surface area contributed by atoms with E-state index in [4.69, 9.17) is 26.0 Å². The fourth-order valence-corrected chi connectivity index (χ4v) is 7.36. The number of nitrogens with zero attached hydrogens (tertiary/aromatic N) is 7. The summed E-state index contributed by atoms with van der Waals surface area (Å²) in [5, 5.41) is 1.47. The lowest BCUT2D eigenvalue weighted by atomic mass is 10.1. The van der Waals surface area contributed by atoms with Gasteiger partial charge in [-0.3, -0.25) is 4.90 Å². The van der Waals surface area contributed by atoms with E-state index in [1.165, 1.54) is 6.07 Å². The molecular weight excluding hydrogens is 621 g/mol. The third-order valence-corrected chi connectivity index (χ3v) is 10.0. The Kier molecular flexibility index (Phi) is 9.75. The number of ether oxygens (including phenoxy) is 2. The largest absolute Gasteiger partial charge is 0.462 e. The van der Waals surface area contributed by atoms with Gasteiger partial charge < -0.3 is 29.0 Å². The minimum atomic E-state index is -0.412. The van der Waals surface area contributed by atoms with Crippen molar-refractivity contribution in [3.63, 3.8) is 0 Å². The van der Waals surface area contributed by atoms with Crippen LogP contribution in [0.25, 0.3) is 15.6 Å². The molecule has 3 aromatic carbocycles. The van der Waals surface area contributed by atoms with Gasteiger partial charge in [0.2, 0.25) is 6.54 Å². The highest BCUT2D eigenvalue weighted by atomic mass is 19.1. The quantitative estimate of drug-likeness (QED) is 0.215. The van der Waals surface area contributed by atoms with Crippen LogP contribution in [0, 0.1) is 12.4 Å². The van der Waals surface area contributed by atoms with Gasteiger partial charge in [0.1, 0.15) is 30.9 Å². The summed E-state index contributed by atoms with van der Waals surface area (Å²) in [5.74, 6) is 0.571. The lowest BCUT2D eigenvalue weighted by Gasteiger charge is -2.39. The molecule has 0 radical (unpaired) electrons. The molecule has 2 atom stereocenters. The van der Waals surface area contributed by atoms with Crippen LogP contribution >= 0.6 is 0 Å². The summed E-state index contributed by atoms with van der Waals surface area (Å²) in [5.41, 5.74) is 3.83. The molecule has 11 heteroatoms. The second-order valence-corrected chi connectivity index (χ2v) is 13.2. The van der Waals surface area contributed by atoms with Gasteiger partial charge in [0, 0.05) is 54.2 Å². The molecule has 0 aliphatic carbocycles. The van der Waals surface area contributed by atoms with Gasteiger partial charge in [0.25, 0.3) is 0 Å². The maximum Gasteiger partial charge on any atom is 0.410 e. The van der Waals surface area contributed by atoms with Gasteiger partial charge in [-0.15, -0.1) is 0 Å². The first-order chi connectivity index (χ1) is 24.0. The Morgan fingerprint density at radius 1 is 0.939 bits per heavy atom. The molecule has 1 amide bonds. The SMILES string of the molecule is [C-]#[N+]C[C@H]1CN(c2nc(OC[C@@H]3CCCN3C)nc3c2CCCN(c2cccc4c(F)cccc24)C3)CCN1C(=O)OCc1ccccc1. The molecule has 1 aromatic heterocycles. The van der Waals surface area contributed by atoms with Crippen molar-refractivity contribution in [3.05, 3.63) is 101 Å². The summed E-state index contributed by atoms with van der Waals surface area (Å²) in [6, 6.07) is 20.9.